The number of anilines is 1. The number of ketones is 1. The lowest BCUT2D eigenvalue weighted by Crippen LogP contribution is -2.14. The van der Waals surface area contributed by atoms with E-state index in [9.17, 15) is 4.79 Å². The molecule has 1 aromatic carbocycles. The van der Waals surface area contributed by atoms with E-state index >= 15 is 0 Å². The first-order valence-corrected chi connectivity index (χ1v) is 5.26. The van der Waals surface area contributed by atoms with Gasteiger partial charge in [-0.25, -0.2) is 0 Å². The number of carbonyl (C=O) groups is 1. The molecule has 2 N–H and O–H groups in total. The Labute approximate surface area is 96.6 Å². The maximum atomic E-state index is 11.5. The summed E-state index contributed by atoms with van der Waals surface area (Å²) in [4.78, 5) is 11.5. The van der Waals surface area contributed by atoms with Crippen molar-refractivity contribution in [3.05, 3.63) is 23.3 Å². The molecule has 0 aliphatic rings. The predicted octanol–water partition coefficient (Wildman–Crippen LogP) is 2.78. The Kier molecular flexibility index (Phi) is 3.27. The zero-order valence-corrected chi connectivity index (χ0v) is 10.5. The van der Waals surface area contributed by atoms with Gasteiger partial charge < -0.3 is 10.5 Å². The van der Waals surface area contributed by atoms with Crippen LogP contribution in [0.25, 0.3) is 0 Å². The Bertz CT molecular complexity index is 417. The topological polar surface area (TPSA) is 52.3 Å². The molecule has 0 heterocycles. The number of Topliss-reactive ketones (excluding diaryl/α,β-unsaturated/α-hetero) is 1. The SMILES string of the molecule is COc1c(N)cc(C(C)(C)C)cc1C(C)=O. The van der Waals surface area contributed by atoms with Crippen LogP contribution in [-0.2, 0) is 5.41 Å². The first-order chi connectivity index (χ1) is 7.27. The third-order valence-corrected chi connectivity index (χ3v) is 2.57. The van der Waals surface area contributed by atoms with Gasteiger partial charge in [0, 0.05) is 0 Å². The fraction of sp³-hybridized carbons (Fsp3) is 0.462. The minimum atomic E-state index is -0.0371. The van der Waals surface area contributed by atoms with Crippen molar-refractivity contribution in [1.29, 1.82) is 0 Å². The molecule has 16 heavy (non-hydrogen) atoms. The fourth-order valence-electron chi connectivity index (χ4n) is 1.57. The van der Waals surface area contributed by atoms with Crippen molar-refractivity contribution in [3.63, 3.8) is 0 Å². The lowest BCUT2D eigenvalue weighted by atomic mass is 9.85. The number of methoxy groups -OCH3 is 1. The van der Waals surface area contributed by atoms with Crippen LogP contribution in [0.2, 0.25) is 0 Å². The van der Waals surface area contributed by atoms with Gasteiger partial charge in [0.2, 0.25) is 0 Å². The van der Waals surface area contributed by atoms with Crippen LogP contribution in [0.4, 0.5) is 5.69 Å². The van der Waals surface area contributed by atoms with Gasteiger partial charge in [-0.1, -0.05) is 20.8 Å². The molecule has 0 atom stereocenters. The van der Waals surface area contributed by atoms with E-state index in [-0.39, 0.29) is 11.2 Å². The molecule has 0 unspecified atom stereocenters. The molecule has 1 rings (SSSR count). The van der Waals surface area contributed by atoms with Gasteiger partial charge in [0.15, 0.2) is 11.5 Å². The molecule has 0 aliphatic heterocycles. The van der Waals surface area contributed by atoms with E-state index in [4.69, 9.17) is 10.5 Å². The quantitative estimate of drug-likeness (QED) is 0.617. The van der Waals surface area contributed by atoms with Crippen LogP contribution < -0.4 is 10.5 Å². The number of hydrogen-bond donors (Lipinski definition) is 1. The number of nitrogens with two attached hydrogens (primary N) is 1. The van der Waals surface area contributed by atoms with Crippen LogP contribution in [0.1, 0.15) is 43.6 Å². The molecule has 0 aromatic heterocycles. The van der Waals surface area contributed by atoms with Crippen LogP contribution in [-0.4, -0.2) is 12.9 Å². The second-order valence-electron chi connectivity index (χ2n) is 4.95. The maximum absolute atomic E-state index is 11.5. The molecule has 0 bridgehead atoms. The van der Waals surface area contributed by atoms with Crippen molar-refractivity contribution in [2.24, 2.45) is 0 Å². The Morgan fingerprint density at radius 3 is 2.25 bits per heavy atom. The fourth-order valence-corrected chi connectivity index (χ4v) is 1.57. The minimum Gasteiger partial charge on any atom is -0.494 e. The number of benzene rings is 1. The van der Waals surface area contributed by atoms with Gasteiger partial charge in [0.1, 0.15) is 0 Å². The number of hydrogen-bond acceptors (Lipinski definition) is 3. The van der Waals surface area contributed by atoms with Crippen molar-refractivity contribution in [2.45, 2.75) is 33.1 Å². The highest BCUT2D eigenvalue weighted by Crippen LogP contribution is 2.33. The average Bonchev–Trinajstić information content (AvgIpc) is 2.14. The summed E-state index contributed by atoms with van der Waals surface area (Å²) in [5.74, 6) is 0.440. The number of ether oxygens (including phenoxy) is 1. The highest BCUT2D eigenvalue weighted by molar-refractivity contribution is 5.98. The van der Waals surface area contributed by atoms with E-state index in [1.807, 2.05) is 12.1 Å². The number of nitrogen functional groups attached to an aromatic ring is 1. The van der Waals surface area contributed by atoms with Gasteiger partial charge in [-0.15, -0.1) is 0 Å². The first kappa shape index (κ1) is 12.6. The zero-order valence-electron chi connectivity index (χ0n) is 10.5. The van der Waals surface area contributed by atoms with E-state index in [1.54, 1.807) is 0 Å². The van der Waals surface area contributed by atoms with E-state index in [1.165, 1.54) is 14.0 Å². The smallest absolute Gasteiger partial charge is 0.163 e. The number of rotatable bonds is 2. The lowest BCUT2D eigenvalue weighted by molar-refractivity contribution is 0.101. The summed E-state index contributed by atoms with van der Waals surface area (Å²) in [5, 5.41) is 0. The summed E-state index contributed by atoms with van der Waals surface area (Å²) in [7, 11) is 1.52. The minimum absolute atomic E-state index is 0.0327. The van der Waals surface area contributed by atoms with Crippen LogP contribution in [0.3, 0.4) is 0 Å². The molecular weight excluding hydrogens is 202 g/mol. The molecule has 0 saturated heterocycles. The van der Waals surface area contributed by atoms with Gasteiger partial charge in [-0.05, 0) is 30.0 Å². The third-order valence-electron chi connectivity index (χ3n) is 2.57. The van der Waals surface area contributed by atoms with Crippen molar-refractivity contribution >= 4 is 11.5 Å². The summed E-state index contributed by atoms with van der Waals surface area (Å²) in [5.41, 5.74) is 7.95. The molecule has 3 heteroatoms. The Hall–Kier alpha value is -1.51. The molecule has 0 saturated carbocycles. The average molecular weight is 221 g/mol. The molecule has 88 valence electrons. The van der Waals surface area contributed by atoms with Gasteiger partial charge >= 0.3 is 0 Å². The van der Waals surface area contributed by atoms with E-state index in [2.05, 4.69) is 20.8 Å². The first-order valence-electron chi connectivity index (χ1n) is 5.26. The Balaban J connectivity index is 3.46. The summed E-state index contributed by atoms with van der Waals surface area (Å²) in [6.07, 6.45) is 0. The summed E-state index contributed by atoms with van der Waals surface area (Å²) in [6, 6.07) is 3.72. The Morgan fingerprint density at radius 2 is 1.88 bits per heavy atom. The molecule has 0 spiro atoms. The predicted molar refractivity (Wildman–Crippen MR) is 66.1 cm³/mol. The lowest BCUT2D eigenvalue weighted by Gasteiger charge is -2.21. The largest absolute Gasteiger partial charge is 0.494 e. The maximum Gasteiger partial charge on any atom is 0.163 e. The Morgan fingerprint density at radius 1 is 1.31 bits per heavy atom. The van der Waals surface area contributed by atoms with Crippen LogP contribution in [0.5, 0.6) is 5.75 Å². The monoisotopic (exact) mass is 221 g/mol. The van der Waals surface area contributed by atoms with E-state index in [0.29, 0.717) is 17.0 Å². The van der Waals surface area contributed by atoms with Crippen LogP contribution >= 0.6 is 0 Å². The van der Waals surface area contributed by atoms with Gasteiger partial charge in [0.05, 0.1) is 18.4 Å². The van der Waals surface area contributed by atoms with E-state index in [0.717, 1.165) is 5.56 Å². The highest BCUT2D eigenvalue weighted by atomic mass is 16.5. The van der Waals surface area contributed by atoms with Gasteiger partial charge in [-0.2, -0.15) is 0 Å². The zero-order chi connectivity index (χ0) is 12.5. The van der Waals surface area contributed by atoms with Crippen LogP contribution in [0, 0.1) is 0 Å². The summed E-state index contributed by atoms with van der Waals surface area (Å²) in [6.45, 7) is 7.76. The molecule has 0 radical (unpaired) electrons. The van der Waals surface area contributed by atoms with E-state index < -0.39 is 0 Å². The van der Waals surface area contributed by atoms with Crippen molar-refractivity contribution < 1.29 is 9.53 Å². The molecule has 0 amide bonds. The standard InChI is InChI=1S/C13H19NO2/c1-8(15)10-6-9(13(2,3)4)7-11(14)12(10)16-5/h6-7H,14H2,1-5H3. The molecule has 0 aliphatic carbocycles. The third kappa shape index (κ3) is 2.35. The normalized spacial score (nSPS) is 11.3. The van der Waals surface area contributed by atoms with Crippen LogP contribution in [0.15, 0.2) is 12.1 Å². The van der Waals surface area contributed by atoms with Gasteiger partial charge in [-0.3, -0.25) is 4.79 Å². The molecule has 0 fully saturated rings. The molecular formula is C13H19NO2. The highest BCUT2D eigenvalue weighted by Gasteiger charge is 2.19. The molecule has 1 aromatic rings. The summed E-state index contributed by atoms with van der Waals surface area (Å²) < 4.78 is 5.16. The number of carbonyl (C=O) groups excluding carboxylic acids is 1. The second kappa shape index (κ2) is 4.16. The van der Waals surface area contributed by atoms with Crippen molar-refractivity contribution in [1.82, 2.24) is 0 Å². The van der Waals surface area contributed by atoms with Crippen molar-refractivity contribution in [3.8, 4) is 5.75 Å². The summed E-state index contributed by atoms with van der Waals surface area (Å²) >= 11 is 0. The van der Waals surface area contributed by atoms with Crippen molar-refractivity contribution in [2.75, 3.05) is 12.8 Å². The molecule has 3 nitrogen and oxygen atoms in total. The van der Waals surface area contributed by atoms with Gasteiger partial charge in [0.25, 0.3) is 0 Å². The second-order valence-corrected chi connectivity index (χ2v) is 4.95.